The van der Waals surface area contributed by atoms with Crippen molar-refractivity contribution in [3.05, 3.63) is 18.2 Å². The maximum atomic E-state index is 5.49. The molecule has 1 rings (SSSR count). The summed E-state index contributed by atoms with van der Waals surface area (Å²) in [4.78, 5) is 4.43. The van der Waals surface area contributed by atoms with Crippen LogP contribution in [-0.4, -0.2) is 29.3 Å². The van der Waals surface area contributed by atoms with Gasteiger partial charge in [-0.15, -0.1) is 0 Å². The molecule has 0 saturated heterocycles. The number of aromatic nitrogens is 2. The molecule has 1 N–H and O–H groups in total. The Balaban J connectivity index is 2.70. The maximum Gasteiger partial charge on any atom is 0.128 e. The van der Waals surface area contributed by atoms with Crippen molar-refractivity contribution in [2.45, 2.75) is 39.8 Å². The van der Waals surface area contributed by atoms with Gasteiger partial charge in [0.2, 0.25) is 0 Å². The van der Waals surface area contributed by atoms with E-state index in [1.165, 1.54) is 0 Å². The van der Waals surface area contributed by atoms with Crippen LogP contribution >= 0.6 is 0 Å². The molecular weight excluding hydrogens is 202 g/mol. The largest absolute Gasteiger partial charge is 0.380 e. The van der Waals surface area contributed by atoms with Gasteiger partial charge >= 0.3 is 0 Å². The fourth-order valence-electron chi connectivity index (χ4n) is 1.77. The highest BCUT2D eigenvalue weighted by molar-refractivity contribution is 4.99. The van der Waals surface area contributed by atoms with Crippen LogP contribution < -0.4 is 5.32 Å². The number of hydrogen-bond acceptors (Lipinski definition) is 3. The minimum atomic E-state index is 0.200. The van der Waals surface area contributed by atoms with E-state index in [-0.39, 0.29) is 6.04 Å². The SMILES string of the molecule is CCCn1ccnc1C(COCC)NCC. The quantitative estimate of drug-likeness (QED) is 0.735. The lowest BCUT2D eigenvalue weighted by molar-refractivity contribution is 0.120. The summed E-state index contributed by atoms with van der Waals surface area (Å²) in [5.41, 5.74) is 0. The first-order chi connectivity index (χ1) is 7.83. The number of ether oxygens (including phenoxy) is 1. The Labute approximate surface area is 98.0 Å². The summed E-state index contributed by atoms with van der Waals surface area (Å²) < 4.78 is 7.69. The van der Waals surface area contributed by atoms with E-state index in [1.54, 1.807) is 0 Å². The van der Waals surface area contributed by atoms with Crippen molar-refractivity contribution in [1.29, 1.82) is 0 Å². The molecule has 4 heteroatoms. The molecule has 0 radical (unpaired) electrons. The highest BCUT2D eigenvalue weighted by Crippen LogP contribution is 2.12. The average Bonchev–Trinajstić information content (AvgIpc) is 2.73. The molecule has 1 heterocycles. The smallest absolute Gasteiger partial charge is 0.128 e. The molecule has 0 bridgehead atoms. The summed E-state index contributed by atoms with van der Waals surface area (Å²) in [5, 5.41) is 3.41. The van der Waals surface area contributed by atoms with E-state index >= 15 is 0 Å². The third kappa shape index (κ3) is 3.61. The van der Waals surface area contributed by atoms with Crippen LogP contribution in [0, 0.1) is 0 Å². The molecule has 4 nitrogen and oxygen atoms in total. The van der Waals surface area contributed by atoms with Crippen molar-refractivity contribution >= 4 is 0 Å². The van der Waals surface area contributed by atoms with Crippen LogP contribution in [0.1, 0.15) is 39.1 Å². The van der Waals surface area contributed by atoms with Crippen molar-refractivity contribution in [2.75, 3.05) is 19.8 Å². The summed E-state index contributed by atoms with van der Waals surface area (Å²) in [5.74, 6) is 1.08. The highest BCUT2D eigenvalue weighted by atomic mass is 16.5. The molecule has 92 valence electrons. The second kappa shape index (κ2) is 7.41. The number of nitrogens with zero attached hydrogens (tertiary/aromatic N) is 2. The standard InChI is InChI=1S/C12H23N3O/c1-4-8-15-9-7-14-12(15)11(13-5-2)10-16-6-3/h7,9,11,13H,4-6,8,10H2,1-3H3. The fraction of sp³-hybridized carbons (Fsp3) is 0.750. The Bertz CT molecular complexity index is 286. The topological polar surface area (TPSA) is 39.1 Å². The van der Waals surface area contributed by atoms with Gasteiger partial charge in [0, 0.05) is 25.5 Å². The van der Waals surface area contributed by atoms with Crippen LogP contribution in [0.4, 0.5) is 0 Å². The minimum Gasteiger partial charge on any atom is -0.380 e. The lowest BCUT2D eigenvalue weighted by atomic mass is 10.3. The Morgan fingerprint density at radius 3 is 2.88 bits per heavy atom. The summed E-state index contributed by atoms with van der Waals surface area (Å²) in [6, 6.07) is 0.200. The first-order valence-electron chi connectivity index (χ1n) is 6.15. The zero-order valence-corrected chi connectivity index (χ0v) is 10.6. The van der Waals surface area contributed by atoms with Crippen LogP contribution in [0.25, 0.3) is 0 Å². The van der Waals surface area contributed by atoms with Crippen LogP contribution in [-0.2, 0) is 11.3 Å². The predicted octanol–water partition coefficient (Wildman–Crippen LogP) is 1.98. The molecule has 0 aliphatic carbocycles. The van der Waals surface area contributed by atoms with Crippen LogP contribution in [0.5, 0.6) is 0 Å². The zero-order chi connectivity index (χ0) is 11.8. The van der Waals surface area contributed by atoms with Gasteiger partial charge in [-0.25, -0.2) is 4.98 Å². The third-order valence-corrected chi connectivity index (χ3v) is 2.46. The number of rotatable bonds is 8. The number of nitrogens with one attached hydrogen (secondary N) is 1. The Morgan fingerprint density at radius 1 is 1.44 bits per heavy atom. The van der Waals surface area contributed by atoms with Gasteiger partial charge < -0.3 is 14.6 Å². The van der Waals surface area contributed by atoms with E-state index in [0.717, 1.165) is 31.9 Å². The molecule has 16 heavy (non-hydrogen) atoms. The molecule has 0 amide bonds. The second-order valence-corrected chi connectivity index (χ2v) is 3.75. The van der Waals surface area contributed by atoms with Crippen molar-refractivity contribution in [1.82, 2.24) is 14.9 Å². The number of likely N-dealkylation sites (N-methyl/N-ethyl adjacent to an activating group) is 1. The molecule has 1 unspecified atom stereocenters. The molecule has 0 spiro atoms. The van der Waals surface area contributed by atoms with Crippen LogP contribution in [0.2, 0.25) is 0 Å². The lowest BCUT2D eigenvalue weighted by Gasteiger charge is -2.18. The summed E-state index contributed by atoms with van der Waals surface area (Å²) in [7, 11) is 0. The number of imidazole rings is 1. The molecule has 0 saturated carbocycles. The second-order valence-electron chi connectivity index (χ2n) is 3.75. The third-order valence-electron chi connectivity index (χ3n) is 2.46. The summed E-state index contributed by atoms with van der Waals surface area (Å²) >= 11 is 0. The van der Waals surface area contributed by atoms with Gasteiger partial charge in [0.1, 0.15) is 5.82 Å². The van der Waals surface area contributed by atoms with Gasteiger partial charge in [-0.3, -0.25) is 0 Å². The first-order valence-corrected chi connectivity index (χ1v) is 6.15. The lowest BCUT2D eigenvalue weighted by Crippen LogP contribution is -2.28. The minimum absolute atomic E-state index is 0.200. The van der Waals surface area contributed by atoms with Crippen molar-refractivity contribution < 1.29 is 4.74 Å². The van der Waals surface area contributed by atoms with Gasteiger partial charge in [-0.1, -0.05) is 13.8 Å². The Hall–Kier alpha value is -0.870. The van der Waals surface area contributed by atoms with E-state index < -0.39 is 0 Å². The maximum absolute atomic E-state index is 5.49. The van der Waals surface area contributed by atoms with Gasteiger partial charge in [-0.05, 0) is 19.9 Å². The average molecular weight is 225 g/mol. The van der Waals surface area contributed by atoms with Crippen molar-refractivity contribution in [3.8, 4) is 0 Å². The van der Waals surface area contributed by atoms with Gasteiger partial charge in [0.15, 0.2) is 0 Å². The van der Waals surface area contributed by atoms with Crippen LogP contribution in [0.15, 0.2) is 12.4 Å². The molecule has 0 aliphatic rings. The molecule has 0 fully saturated rings. The summed E-state index contributed by atoms with van der Waals surface area (Å²) in [6.45, 7) is 9.67. The molecule has 1 atom stereocenters. The molecular formula is C12H23N3O. The molecule has 1 aromatic heterocycles. The highest BCUT2D eigenvalue weighted by Gasteiger charge is 2.15. The van der Waals surface area contributed by atoms with E-state index in [2.05, 4.69) is 28.7 Å². The number of aryl methyl sites for hydroxylation is 1. The molecule has 0 aliphatic heterocycles. The predicted molar refractivity (Wildman–Crippen MR) is 65.4 cm³/mol. The van der Waals surface area contributed by atoms with E-state index in [1.807, 2.05) is 19.3 Å². The van der Waals surface area contributed by atoms with Gasteiger partial charge in [0.25, 0.3) is 0 Å². The van der Waals surface area contributed by atoms with Gasteiger partial charge in [-0.2, -0.15) is 0 Å². The zero-order valence-electron chi connectivity index (χ0n) is 10.6. The first kappa shape index (κ1) is 13.2. The molecule has 0 aromatic carbocycles. The van der Waals surface area contributed by atoms with E-state index in [0.29, 0.717) is 6.61 Å². The summed E-state index contributed by atoms with van der Waals surface area (Å²) in [6.07, 6.45) is 5.02. The van der Waals surface area contributed by atoms with E-state index in [4.69, 9.17) is 4.74 Å². The van der Waals surface area contributed by atoms with Crippen LogP contribution in [0.3, 0.4) is 0 Å². The number of hydrogen-bond donors (Lipinski definition) is 1. The van der Waals surface area contributed by atoms with Crippen molar-refractivity contribution in [2.24, 2.45) is 0 Å². The Kier molecular flexibility index (Phi) is 6.11. The van der Waals surface area contributed by atoms with Crippen molar-refractivity contribution in [3.63, 3.8) is 0 Å². The fourth-order valence-corrected chi connectivity index (χ4v) is 1.77. The monoisotopic (exact) mass is 225 g/mol. The molecule has 1 aromatic rings. The normalized spacial score (nSPS) is 12.9. The van der Waals surface area contributed by atoms with Gasteiger partial charge in [0.05, 0.1) is 12.6 Å². The Morgan fingerprint density at radius 2 is 2.25 bits per heavy atom. The van der Waals surface area contributed by atoms with E-state index in [9.17, 15) is 0 Å².